The predicted octanol–water partition coefficient (Wildman–Crippen LogP) is 3.14. The van der Waals surface area contributed by atoms with Gasteiger partial charge in [-0.15, -0.1) is 11.6 Å². The Bertz CT molecular complexity index is 454. The minimum Gasteiger partial charge on any atom is -0.229 e. The standard InChI is InChI=1S/C13H19ClO2S/c1-11-5-3-6-12(9-11)13(10-14)7-4-8-17(2,15)16/h3,5-6,9,13H,4,7-8,10H2,1-2H3. The van der Waals surface area contributed by atoms with E-state index >= 15 is 0 Å². The molecule has 0 N–H and O–H groups in total. The average molecular weight is 275 g/mol. The molecule has 0 aliphatic rings. The van der Waals surface area contributed by atoms with Gasteiger partial charge in [0.2, 0.25) is 0 Å². The normalized spacial score (nSPS) is 13.6. The zero-order valence-corrected chi connectivity index (χ0v) is 11.9. The van der Waals surface area contributed by atoms with E-state index in [2.05, 4.69) is 12.1 Å². The number of hydrogen-bond acceptors (Lipinski definition) is 2. The smallest absolute Gasteiger partial charge is 0.147 e. The van der Waals surface area contributed by atoms with E-state index in [1.807, 2.05) is 19.1 Å². The SMILES string of the molecule is Cc1cccc(C(CCl)CCCS(C)(=O)=O)c1. The Morgan fingerprint density at radius 1 is 1.35 bits per heavy atom. The number of alkyl halides is 1. The maximum Gasteiger partial charge on any atom is 0.147 e. The summed E-state index contributed by atoms with van der Waals surface area (Å²) < 4.78 is 22.1. The Hall–Kier alpha value is -0.540. The summed E-state index contributed by atoms with van der Waals surface area (Å²) in [4.78, 5) is 0. The molecule has 0 heterocycles. The predicted molar refractivity (Wildman–Crippen MR) is 73.6 cm³/mol. The molecule has 0 radical (unpaired) electrons. The molecular formula is C13H19ClO2S. The van der Waals surface area contributed by atoms with Crippen LogP contribution in [0.1, 0.15) is 29.9 Å². The molecule has 1 aromatic rings. The molecule has 0 aromatic heterocycles. The first-order valence-electron chi connectivity index (χ1n) is 5.72. The van der Waals surface area contributed by atoms with Crippen molar-refractivity contribution >= 4 is 21.4 Å². The van der Waals surface area contributed by atoms with E-state index < -0.39 is 9.84 Å². The summed E-state index contributed by atoms with van der Waals surface area (Å²) in [5.74, 6) is 1.03. The van der Waals surface area contributed by atoms with Gasteiger partial charge in [0.15, 0.2) is 0 Å². The molecule has 0 saturated carbocycles. The molecule has 0 aliphatic heterocycles. The molecule has 1 atom stereocenters. The molecule has 1 aromatic carbocycles. The van der Waals surface area contributed by atoms with Gasteiger partial charge < -0.3 is 0 Å². The average Bonchev–Trinajstić information content (AvgIpc) is 2.23. The van der Waals surface area contributed by atoms with Crippen LogP contribution >= 0.6 is 11.6 Å². The van der Waals surface area contributed by atoms with Gasteiger partial charge in [0, 0.05) is 17.9 Å². The molecule has 0 bridgehead atoms. The van der Waals surface area contributed by atoms with E-state index in [4.69, 9.17) is 11.6 Å². The van der Waals surface area contributed by atoms with Crippen molar-refractivity contribution in [2.75, 3.05) is 17.9 Å². The fraction of sp³-hybridized carbons (Fsp3) is 0.538. The van der Waals surface area contributed by atoms with Crippen molar-refractivity contribution in [1.29, 1.82) is 0 Å². The highest BCUT2D eigenvalue weighted by Crippen LogP contribution is 2.23. The third-order valence-corrected chi connectivity index (χ3v) is 4.17. The summed E-state index contributed by atoms with van der Waals surface area (Å²) >= 11 is 5.95. The second kappa shape index (κ2) is 6.41. The van der Waals surface area contributed by atoms with Crippen LogP contribution in [-0.2, 0) is 9.84 Å². The first kappa shape index (κ1) is 14.5. The largest absolute Gasteiger partial charge is 0.229 e. The third-order valence-electron chi connectivity index (χ3n) is 2.77. The van der Waals surface area contributed by atoms with Gasteiger partial charge in [0.1, 0.15) is 9.84 Å². The Balaban J connectivity index is 2.60. The molecular weight excluding hydrogens is 256 g/mol. The van der Waals surface area contributed by atoms with Crippen LogP contribution in [0.4, 0.5) is 0 Å². The lowest BCUT2D eigenvalue weighted by molar-refractivity contribution is 0.592. The van der Waals surface area contributed by atoms with Crippen LogP contribution in [0.2, 0.25) is 0 Å². The summed E-state index contributed by atoms with van der Waals surface area (Å²) in [7, 11) is -2.86. The number of aryl methyl sites for hydroxylation is 1. The first-order valence-corrected chi connectivity index (χ1v) is 8.32. The van der Waals surface area contributed by atoms with Crippen molar-refractivity contribution in [2.24, 2.45) is 0 Å². The molecule has 0 spiro atoms. The van der Waals surface area contributed by atoms with Crippen molar-refractivity contribution < 1.29 is 8.42 Å². The van der Waals surface area contributed by atoms with Crippen LogP contribution < -0.4 is 0 Å². The van der Waals surface area contributed by atoms with Crippen LogP contribution in [0.3, 0.4) is 0 Å². The number of halogens is 1. The fourth-order valence-electron chi connectivity index (χ4n) is 1.85. The zero-order chi connectivity index (χ0) is 12.9. The van der Waals surface area contributed by atoms with Crippen molar-refractivity contribution in [3.8, 4) is 0 Å². The second-order valence-corrected chi connectivity index (χ2v) is 7.11. The third kappa shape index (κ3) is 5.55. The molecule has 0 saturated heterocycles. The van der Waals surface area contributed by atoms with Crippen LogP contribution in [0.25, 0.3) is 0 Å². The minimum absolute atomic E-state index is 0.242. The van der Waals surface area contributed by atoms with E-state index in [-0.39, 0.29) is 11.7 Å². The summed E-state index contributed by atoms with van der Waals surface area (Å²) in [5, 5.41) is 0. The van der Waals surface area contributed by atoms with Crippen LogP contribution in [0, 0.1) is 6.92 Å². The highest BCUT2D eigenvalue weighted by molar-refractivity contribution is 7.90. The second-order valence-electron chi connectivity index (χ2n) is 4.54. The van der Waals surface area contributed by atoms with Gasteiger partial charge >= 0.3 is 0 Å². The molecule has 4 heteroatoms. The molecule has 2 nitrogen and oxygen atoms in total. The summed E-state index contributed by atoms with van der Waals surface area (Å²) in [6.45, 7) is 2.05. The topological polar surface area (TPSA) is 34.1 Å². The van der Waals surface area contributed by atoms with Crippen molar-refractivity contribution in [2.45, 2.75) is 25.7 Å². The maximum atomic E-state index is 11.1. The number of benzene rings is 1. The Kier molecular flexibility index (Phi) is 5.47. The van der Waals surface area contributed by atoms with Crippen molar-refractivity contribution in [1.82, 2.24) is 0 Å². The van der Waals surface area contributed by atoms with E-state index in [1.54, 1.807) is 0 Å². The molecule has 1 unspecified atom stereocenters. The quantitative estimate of drug-likeness (QED) is 0.747. The van der Waals surface area contributed by atoms with E-state index in [9.17, 15) is 8.42 Å². The number of hydrogen-bond donors (Lipinski definition) is 0. The van der Waals surface area contributed by atoms with E-state index in [0.717, 1.165) is 6.42 Å². The number of sulfone groups is 1. The highest BCUT2D eigenvalue weighted by Gasteiger charge is 2.12. The lowest BCUT2D eigenvalue weighted by Crippen LogP contribution is -2.07. The van der Waals surface area contributed by atoms with Crippen molar-refractivity contribution in [3.63, 3.8) is 0 Å². The maximum absolute atomic E-state index is 11.1. The molecule has 17 heavy (non-hydrogen) atoms. The monoisotopic (exact) mass is 274 g/mol. The summed E-state index contributed by atoms with van der Waals surface area (Å²) in [6, 6.07) is 8.24. The minimum atomic E-state index is -2.86. The zero-order valence-electron chi connectivity index (χ0n) is 10.3. The van der Waals surface area contributed by atoms with E-state index in [1.165, 1.54) is 17.4 Å². The molecule has 0 fully saturated rings. The van der Waals surface area contributed by atoms with Crippen LogP contribution in [-0.4, -0.2) is 26.3 Å². The lowest BCUT2D eigenvalue weighted by Gasteiger charge is -2.14. The summed E-state index contributed by atoms with van der Waals surface area (Å²) in [6.07, 6.45) is 2.76. The fourth-order valence-corrected chi connectivity index (χ4v) is 2.87. The van der Waals surface area contributed by atoms with Gasteiger partial charge in [-0.2, -0.15) is 0 Å². The van der Waals surface area contributed by atoms with Gasteiger partial charge in [-0.1, -0.05) is 29.8 Å². The lowest BCUT2D eigenvalue weighted by atomic mass is 9.95. The van der Waals surface area contributed by atoms with Gasteiger partial charge in [0.05, 0.1) is 0 Å². The van der Waals surface area contributed by atoms with Crippen LogP contribution in [0.15, 0.2) is 24.3 Å². The Morgan fingerprint density at radius 3 is 2.59 bits per heavy atom. The van der Waals surface area contributed by atoms with Gasteiger partial charge in [-0.3, -0.25) is 0 Å². The molecule has 0 aliphatic carbocycles. The molecule has 0 amide bonds. The Labute approximate surface area is 109 Å². The van der Waals surface area contributed by atoms with Gasteiger partial charge in [-0.05, 0) is 31.2 Å². The Morgan fingerprint density at radius 2 is 2.06 bits per heavy atom. The highest BCUT2D eigenvalue weighted by atomic mass is 35.5. The number of rotatable bonds is 6. The van der Waals surface area contributed by atoms with Crippen LogP contribution in [0.5, 0.6) is 0 Å². The summed E-state index contributed by atoms with van der Waals surface area (Å²) in [5.41, 5.74) is 2.41. The van der Waals surface area contributed by atoms with Gasteiger partial charge in [0.25, 0.3) is 0 Å². The van der Waals surface area contributed by atoms with E-state index in [0.29, 0.717) is 12.3 Å². The molecule has 96 valence electrons. The molecule has 1 rings (SSSR count). The van der Waals surface area contributed by atoms with Gasteiger partial charge in [-0.25, -0.2) is 8.42 Å². The van der Waals surface area contributed by atoms with Crippen molar-refractivity contribution in [3.05, 3.63) is 35.4 Å². The first-order chi connectivity index (χ1) is 7.92.